The molecule has 0 aliphatic heterocycles. The molecule has 0 radical (unpaired) electrons. The summed E-state index contributed by atoms with van der Waals surface area (Å²) in [5.74, 6) is 7.06. The summed E-state index contributed by atoms with van der Waals surface area (Å²) in [6.07, 6.45) is 3.97. The summed E-state index contributed by atoms with van der Waals surface area (Å²) in [6, 6.07) is 0. The maximum Gasteiger partial charge on any atom is 0.162 e. The molecule has 1 aliphatic rings. The smallest absolute Gasteiger partial charge is 0.162 e. The predicted molar refractivity (Wildman–Crippen MR) is 71.1 cm³/mol. The van der Waals surface area contributed by atoms with E-state index in [2.05, 4.69) is 17.3 Å². The molecule has 1 aliphatic carbocycles. The molecule has 5 nitrogen and oxygen atoms in total. The van der Waals surface area contributed by atoms with Crippen LogP contribution >= 0.6 is 0 Å². The number of nitrogens with one attached hydrogen (secondary N) is 1. The highest BCUT2D eigenvalue weighted by atomic mass is 16.5. The van der Waals surface area contributed by atoms with Gasteiger partial charge in [-0.25, -0.2) is 15.8 Å². The van der Waals surface area contributed by atoms with E-state index in [1.165, 1.54) is 0 Å². The number of hydrazine groups is 1. The third kappa shape index (κ3) is 2.20. The Kier molecular flexibility index (Phi) is 3.82. The third-order valence-corrected chi connectivity index (χ3v) is 3.68. The van der Waals surface area contributed by atoms with Crippen LogP contribution in [0.5, 0.6) is 0 Å². The summed E-state index contributed by atoms with van der Waals surface area (Å²) in [6.45, 7) is 6.76. The van der Waals surface area contributed by atoms with Crippen LogP contribution in [-0.2, 0) is 23.2 Å². The van der Waals surface area contributed by atoms with Crippen molar-refractivity contribution in [3.63, 3.8) is 0 Å². The van der Waals surface area contributed by atoms with Gasteiger partial charge in [0.1, 0.15) is 11.4 Å². The number of nitrogen functional groups attached to an aromatic ring is 1. The summed E-state index contributed by atoms with van der Waals surface area (Å²) >= 11 is 0. The molecule has 0 bridgehead atoms. The quantitative estimate of drug-likeness (QED) is 0.617. The van der Waals surface area contributed by atoms with Gasteiger partial charge in [-0.2, -0.15) is 0 Å². The van der Waals surface area contributed by atoms with E-state index in [9.17, 15) is 0 Å². The van der Waals surface area contributed by atoms with E-state index < -0.39 is 5.60 Å². The van der Waals surface area contributed by atoms with Gasteiger partial charge in [0.05, 0.1) is 0 Å². The molecule has 1 atom stereocenters. The molecule has 0 amide bonds. The van der Waals surface area contributed by atoms with Crippen LogP contribution in [0.15, 0.2) is 0 Å². The first-order chi connectivity index (χ1) is 8.64. The largest absolute Gasteiger partial charge is 0.368 e. The second-order valence-electron chi connectivity index (χ2n) is 4.84. The third-order valence-electron chi connectivity index (χ3n) is 3.68. The Bertz CT molecular complexity index is 435. The molecule has 0 aromatic carbocycles. The monoisotopic (exact) mass is 250 g/mol. The van der Waals surface area contributed by atoms with Crippen LogP contribution in [0.25, 0.3) is 0 Å². The van der Waals surface area contributed by atoms with Gasteiger partial charge in [0, 0.05) is 17.9 Å². The molecule has 0 spiro atoms. The molecule has 0 fully saturated rings. The summed E-state index contributed by atoms with van der Waals surface area (Å²) in [4.78, 5) is 9.24. The first kappa shape index (κ1) is 13.2. The second kappa shape index (κ2) is 5.20. The average molecular weight is 250 g/mol. The van der Waals surface area contributed by atoms with Crippen LogP contribution in [0.2, 0.25) is 0 Å². The molecule has 0 saturated carbocycles. The predicted octanol–water partition coefficient (Wildman–Crippen LogP) is 1.91. The maximum atomic E-state index is 5.83. The van der Waals surface area contributed by atoms with Crippen LogP contribution in [0, 0.1) is 0 Å². The van der Waals surface area contributed by atoms with E-state index in [1.54, 1.807) is 0 Å². The van der Waals surface area contributed by atoms with Crippen molar-refractivity contribution in [3.05, 3.63) is 17.1 Å². The van der Waals surface area contributed by atoms with Gasteiger partial charge in [0.25, 0.3) is 0 Å². The zero-order chi connectivity index (χ0) is 13.2. The zero-order valence-corrected chi connectivity index (χ0v) is 11.4. The van der Waals surface area contributed by atoms with Gasteiger partial charge in [-0.1, -0.05) is 6.92 Å². The molecule has 0 saturated heterocycles. The lowest BCUT2D eigenvalue weighted by molar-refractivity contribution is -0.0390. The van der Waals surface area contributed by atoms with Crippen LogP contribution < -0.4 is 11.3 Å². The zero-order valence-electron chi connectivity index (χ0n) is 11.4. The summed E-state index contributed by atoms with van der Waals surface area (Å²) in [5.41, 5.74) is 4.55. The maximum absolute atomic E-state index is 5.83. The van der Waals surface area contributed by atoms with Gasteiger partial charge in [0.2, 0.25) is 0 Å². The highest BCUT2D eigenvalue weighted by Crippen LogP contribution is 2.32. The number of rotatable bonds is 5. The Morgan fingerprint density at radius 2 is 2.11 bits per heavy atom. The number of nitrogens with two attached hydrogens (primary N) is 1. The van der Waals surface area contributed by atoms with Crippen molar-refractivity contribution in [2.45, 2.75) is 52.1 Å². The minimum Gasteiger partial charge on any atom is -0.368 e. The molecule has 1 aromatic rings. The van der Waals surface area contributed by atoms with Gasteiger partial charge in [-0.15, -0.1) is 0 Å². The van der Waals surface area contributed by atoms with Crippen molar-refractivity contribution < 1.29 is 4.74 Å². The Morgan fingerprint density at radius 1 is 1.33 bits per heavy atom. The molecular weight excluding hydrogens is 228 g/mol. The van der Waals surface area contributed by atoms with Gasteiger partial charge in [-0.3, -0.25) is 0 Å². The van der Waals surface area contributed by atoms with Gasteiger partial charge >= 0.3 is 0 Å². The van der Waals surface area contributed by atoms with E-state index in [-0.39, 0.29) is 0 Å². The summed E-state index contributed by atoms with van der Waals surface area (Å²) in [7, 11) is 0. The van der Waals surface area contributed by atoms with Crippen molar-refractivity contribution >= 4 is 5.82 Å². The number of aromatic nitrogens is 2. The molecule has 3 N–H and O–H groups in total. The highest BCUT2D eigenvalue weighted by molar-refractivity contribution is 5.48. The number of aryl methyl sites for hydroxylation is 1. The molecular formula is C13H22N4O. The SMILES string of the molecule is CCOC(C)(CC)c1nc2c(c(NN)n1)CCC2. The van der Waals surface area contributed by atoms with Crippen LogP contribution in [0.3, 0.4) is 0 Å². The van der Waals surface area contributed by atoms with Crippen LogP contribution in [0.4, 0.5) is 5.82 Å². The lowest BCUT2D eigenvalue weighted by Gasteiger charge is -2.27. The number of hydrogen-bond donors (Lipinski definition) is 2. The Labute approximate surface area is 108 Å². The number of anilines is 1. The minimum absolute atomic E-state index is 0.433. The van der Waals surface area contributed by atoms with E-state index in [0.717, 1.165) is 48.6 Å². The molecule has 100 valence electrons. The Morgan fingerprint density at radius 3 is 2.72 bits per heavy atom. The lowest BCUT2D eigenvalue weighted by atomic mass is 10.0. The molecule has 18 heavy (non-hydrogen) atoms. The lowest BCUT2D eigenvalue weighted by Crippen LogP contribution is -2.29. The van der Waals surface area contributed by atoms with Crippen molar-refractivity contribution in [3.8, 4) is 0 Å². The summed E-state index contributed by atoms with van der Waals surface area (Å²) in [5, 5.41) is 0. The Hall–Kier alpha value is -1.20. The molecule has 1 heterocycles. The van der Waals surface area contributed by atoms with E-state index in [0.29, 0.717) is 6.61 Å². The van der Waals surface area contributed by atoms with Gasteiger partial charge in [0.15, 0.2) is 5.82 Å². The Balaban J connectivity index is 2.45. The van der Waals surface area contributed by atoms with Crippen LogP contribution in [-0.4, -0.2) is 16.6 Å². The number of nitrogens with zero attached hydrogens (tertiary/aromatic N) is 2. The van der Waals surface area contributed by atoms with Crippen molar-refractivity contribution in [2.24, 2.45) is 5.84 Å². The minimum atomic E-state index is -0.433. The second-order valence-corrected chi connectivity index (χ2v) is 4.84. The first-order valence-electron chi connectivity index (χ1n) is 6.65. The van der Waals surface area contributed by atoms with E-state index in [4.69, 9.17) is 15.6 Å². The fraction of sp³-hybridized carbons (Fsp3) is 0.692. The highest BCUT2D eigenvalue weighted by Gasteiger charge is 2.31. The normalized spacial score (nSPS) is 17.3. The first-order valence-corrected chi connectivity index (χ1v) is 6.65. The van der Waals surface area contributed by atoms with Crippen molar-refractivity contribution in [1.29, 1.82) is 0 Å². The standard InChI is InChI=1S/C13H22N4O/c1-4-13(3,18-5-2)12-15-10-8-6-7-9(10)11(16-12)17-14/h4-8,14H2,1-3H3,(H,15,16,17). The topological polar surface area (TPSA) is 73.1 Å². The molecule has 5 heteroatoms. The van der Waals surface area contributed by atoms with Gasteiger partial charge < -0.3 is 10.2 Å². The fourth-order valence-corrected chi connectivity index (χ4v) is 2.43. The van der Waals surface area contributed by atoms with E-state index in [1.807, 2.05) is 13.8 Å². The molecule has 1 unspecified atom stereocenters. The fourth-order valence-electron chi connectivity index (χ4n) is 2.43. The van der Waals surface area contributed by atoms with Crippen molar-refractivity contribution in [2.75, 3.05) is 12.0 Å². The number of ether oxygens (including phenoxy) is 1. The van der Waals surface area contributed by atoms with Gasteiger partial charge in [-0.05, 0) is 39.5 Å². The molecule has 1 aromatic heterocycles. The van der Waals surface area contributed by atoms with Crippen LogP contribution in [0.1, 0.15) is 50.7 Å². The number of fused-ring (bicyclic) bond motifs is 1. The van der Waals surface area contributed by atoms with Crippen molar-refractivity contribution in [1.82, 2.24) is 9.97 Å². The van der Waals surface area contributed by atoms with E-state index >= 15 is 0 Å². The average Bonchev–Trinajstić information content (AvgIpc) is 2.85. The molecule has 2 rings (SSSR count). The number of hydrogen-bond acceptors (Lipinski definition) is 5. The summed E-state index contributed by atoms with van der Waals surface area (Å²) < 4.78 is 5.83.